The van der Waals surface area contributed by atoms with E-state index in [1.54, 1.807) is 11.6 Å². The summed E-state index contributed by atoms with van der Waals surface area (Å²) in [5, 5.41) is 19.0. The molecular weight excluding hydrogens is 268 g/mol. The summed E-state index contributed by atoms with van der Waals surface area (Å²) >= 11 is 0. The molecule has 1 aromatic rings. The lowest BCUT2D eigenvalue weighted by atomic mass is 9.76. The van der Waals surface area contributed by atoms with Gasteiger partial charge in [-0.25, -0.2) is 4.68 Å². The molecule has 0 aliphatic heterocycles. The van der Waals surface area contributed by atoms with Crippen LogP contribution in [0.3, 0.4) is 0 Å². The van der Waals surface area contributed by atoms with Crippen molar-refractivity contribution in [2.75, 3.05) is 11.9 Å². The Kier molecular flexibility index (Phi) is 4.85. The van der Waals surface area contributed by atoms with Gasteiger partial charge in [0, 0.05) is 13.1 Å². The highest BCUT2D eigenvalue weighted by Gasteiger charge is 2.30. The first kappa shape index (κ1) is 15.8. The summed E-state index contributed by atoms with van der Waals surface area (Å²) in [5.74, 6) is 0.575. The largest absolute Gasteiger partial charge is 0.364 e. The van der Waals surface area contributed by atoms with Gasteiger partial charge in [0.15, 0.2) is 0 Å². The third-order valence-corrected chi connectivity index (χ3v) is 4.46. The molecule has 2 rings (SSSR count). The zero-order chi connectivity index (χ0) is 15.5. The van der Waals surface area contributed by atoms with Gasteiger partial charge in [-0.05, 0) is 31.6 Å². The van der Waals surface area contributed by atoms with E-state index in [0.717, 1.165) is 13.0 Å². The van der Waals surface area contributed by atoms with E-state index in [0.29, 0.717) is 18.1 Å². The number of hydrogen-bond acceptors (Lipinski definition) is 4. The number of anilines is 1. The van der Waals surface area contributed by atoms with Gasteiger partial charge in [-0.2, -0.15) is 5.10 Å². The Bertz CT molecular complexity index is 504. The lowest BCUT2D eigenvalue weighted by Gasteiger charge is -2.33. The second-order valence-corrected chi connectivity index (χ2v) is 6.49. The SMILES string of the molecule is CCCn1nc(C)c([N+](=O)[O-])c1NCC1(C)CCCCC1. The fourth-order valence-corrected chi connectivity index (χ4v) is 3.22. The molecule has 1 aliphatic rings. The van der Waals surface area contributed by atoms with Crippen LogP contribution in [-0.4, -0.2) is 21.2 Å². The molecule has 0 bridgehead atoms. The number of nitro groups is 1. The highest BCUT2D eigenvalue weighted by atomic mass is 16.6. The van der Waals surface area contributed by atoms with Crippen LogP contribution in [0.2, 0.25) is 0 Å². The van der Waals surface area contributed by atoms with E-state index in [4.69, 9.17) is 0 Å². The fourth-order valence-electron chi connectivity index (χ4n) is 3.22. The second kappa shape index (κ2) is 6.45. The fraction of sp³-hybridized carbons (Fsp3) is 0.800. The van der Waals surface area contributed by atoms with Crippen molar-refractivity contribution >= 4 is 11.5 Å². The van der Waals surface area contributed by atoms with Crippen LogP contribution >= 0.6 is 0 Å². The van der Waals surface area contributed by atoms with E-state index in [1.165, 1.54) is 32.1 Å². The molecule has 0 saturated heterocycles. The van der Waals surface area contributed by atoms with Gasteiger partial charge in [0.1, 0.15) is 5.69 Å². The Morgan fingerprint density at radius 2 is 2.05 bits per heavy atom. The van der Waals surface area contributed by atoms with Crippen molar-refractivity contribution in [3.05, 3.63) is 15.8 Å². The van der Waals surface area contributed by atoms with Gasteiger partial charge in [-0.1, -0.05) is 33.1 Å². The summed E-state index contributed by atoms with van der Waals surface area (Å²) in [6.45, 7) is 7.52. The molecule has 21 heavy (non-hydrogen) atoms. The van der Waals surface area contributed by atoms with E-state index in [-0.39, 0.29) is 16.0 Å². The van der Waals surface area contributed by atoms with E-state index < -0.39 is 0 Å². The molecule has 0 amide bonds. The van der Waals surface area contributed by atoms with Crippen molar-refractivity contribution in [3.63, 3.8) is 0 Å². The minimum atomic E-state index is -0.319. The minimum Gasteiger partial charge on any atom is -0.364 e. The first-order chi connectivity index (χ1) is 9.97. The van der Waals surface area contributed by atoms with Crippen LogP contribution < -0.4 is 5.32 Å². The van der Waals surface area contributed by atoms with Gasteiger partial charge in [0.25, 0.3) is 0 Å². The Morgan fingerprint density at radius 3 is 2.62 bits per heavy atom. The molecule has 1 heterocycles. The number of aromatic nitrogens is 2. The zero-order valence-corrected chi connectivity index (χ0v) is 13.3. The molecule has 1 saturated carbocycles. The van der Waals surface area contributed by atoms with Crippen LogP contribution in [-0.2, 0) is 6.54 Å². The van der Waals surface area contributed by atoms with Gasteiger partial charge >= 0.3 is 5.69 Å². The summed E-state index contributed by atoms with van der Waals surface area (Å²) < 4.78 is 1.75. The van der Waals surface area contributed by atoms with Crippen molar-refractivity contribution in [3.8, 4) is 0 Å². The van der Waals surface area contributed by atoms with Crippen LogP contribution in [0.25, 0.3) is 0 Å². The molecule has 0 radical (unpaired) electrons. The van der Waals surface area contributed by atoms with Crippen molar-refractivity contribution in [1.29, 1.82) is 0 Å². The molecule has 1 aromatic heterocycles. The molecular formula is C15H26N4O2. The van der Waals surface area contributed by atoms with Crippen LogP contribution in [0, 0.1) is 22.5 Å². The third-order valence-electron chi connectivity index (χ3n) is 4.46. The van der Waals surface area contributed by atoms with Gasteiger partial charge in [0.05, 0.1) is 4.92 Å². The maximum Gasteiger partial charge on any atom is 0.333 e. The Labute approximate surface area is 126 Å². The maximum absolute atomic E-state index is 11.3. The predicted octanol–water partition coefficient (Wildman–Crippen LogP) is 3.89. The Morgan fingerprint density at radius 1 is 1.38 bits per heavy atom. The summed E-state index contributed by atoms with van der Waals surface area (Å²) in [6, 6.07) is 0. The number of nitrogens with one attached hydrogen (secondary N) is 1. The monoisotopic (exact) mass is 294 g/mol. The van der Waals surface area contributed by atoms with E-state index in [9.17, 15) is 10.1 Å². The lowest BCUT2D eigenvalue weighted by Crippen LogP contribution is -2.29. The molecule has 1 fully saturated rings. The van der Waals surface area contributed by atoms with Crippen LogP contribution in [0.15, 0.2) is 0 Å². The molecule has 0 aromatic carbocycles. The van der Waals surface area contributed by atoms with Crippen LogP contribution in [0.1, 0.15) is 58.1 Å². The number of rotatable bonds is 6. The number of nitrogens with zero attached hydrogens (tertiary/aromatic N) is 3. The van der Waals surface area contributed by atoms with E-state index >= 15 is 0 Å². The first-order valence-electron chi connectivity index (χ1n) is 7.92. The summed E-state index contributed by atoms with van der Waals surface area (Å²) in [7, 11) is 0. The molecule has 118 valence electrons. The lowest BCUT2D eigenvalue weighted by molar-refractivity contribution is -0.384. The predicted molar refractivity (Wildman–Crippen MR) is 83.6 cm³/mol. The van der Waals surface area contributed by atoms with Crippen LogP contribution in [0.4, 0.5) is 11.5 Å². The van der Waals surface area contributed by atoms with Gasteiger partial charge in [0.2, 0.25) is 5.82 Å². The van der Waals surface area contributed by atoms with E-state index in [1.807, 2.05) is 0 Å². The number of aryl methyl sites for hydroxylation is 2. The summed E-state index contributed by atoms with van der Waals surface area (Å²) in [4.78, 5) is 11.0. The molecule has 0 spiro atoms. The second-order valence-electron chi connectivity index (χ2n) is 6.49. The first-order valence-corrected chi connectivity index (χ1v) is 7.92. The topological polar surface area (TPSA) is 73.0 Å². The number of hydrogen-bond donors (Lipinski definition) is 1. The van der Waals surface area contributed by atoms with Crippen molar-refractivity contribution in [1.82, 2.24) is 9.78 Å². The summed E-state index contributed by atoms with van der Waals surface area (Å²) in [6.07, 6.45) is 7.11. The van der Waals surface area contributed by atoms with Crippen LogP contribution in [0.5, 0.6) is 0 Å². The summed E-state index contributed by atoms with van der Waals surface area (Å²) in [5.41, 5.74) is 0.856. The Hall–Kier alpha value is -1.59. The molecule has 1 aliphatic carbocycles. The average molecular weight is 294 g/mol. The average Bonchev–Trinajstić information content (AvgIpc) is 2.74. The molecule has 6 heteroatoms. The quantitative estimate of drug-likeness (QED) is 0.638. The smallest absolute Gasteiger partial charge is 0.333 e. The Balaban J connectivity index is 2.19. The molecule has 0 atom stereocenters. The third kappa shape index (κ3) is 3.54. The molecule has 0 unspecified atom stereocenters. The zero-order valence-electron chi connectivity index (χ0n) is 13.3. The standard InChI is InChI=1S/C15H26N4O2/c1-4-10-18-14(13(19(20)21)12(2)17-18)16-11-15(3)8-6-5-7-9-15/h16H,4-11H2,1-3H3. The van der Waals surface area contributed by atoms with E-state index in [2.05, 4.69) is 24.3 Å². The highest BCUT2D eigenvalue weighted by molar-refractivity contribution is 5.59. The van der Waals surface area contributed by atoms with Crippen molar-refractivity contribution < 1.29 is 4.92 Å². The van der Waals surface area contributed by atoms with Crippen molar-refractivity contribution in [2.45, 2.75) is 65.8 Å². The maximum atomic E-state index is 11.3. The highest BCUT2D eigenvalue weighted by Crippen LogP contribution is 2.37. The minimum absolute atomic E-state index is 0.128. The van der Waals surface area contributed by atoms with Crippen molar-refractivity contribution in [2.24, 2.45) is 5.41 Å². The normalized spacial score (nSPS) is 17.7. The molecule has 1 N–H and O–H groups in total. The van der Waals surface area contributed by atoms with Gasteiger partial charge in [-0.3, -0.25) is 10.1 Å². The molecule has 6 nitrogen and oxygen atoms in total. The van der Waals surface area contributed by atoms with Gasteiger partial charge in [-0.15, -0.1) is 0 Å². The van der Waals surface area contributed by atoms with Gasteiger partial charge < -0.3 is 5.32 Å².